The molecule has 0 atom stereocenters. The van der Waals surface area contributed by atoms with E-state index in [0.29, 0.717) is 5.69 Å². The van der Waals surface area contributed by atoms with Crippen LogP contribution < -0.4 is 10.6 Å². The molecule has 0 bridgehead atoms. The molecule has 3 aromatic carbocycles. The Morgan fingerprint density at radius 2 is 1.67 bits per heavy atom. The number of carbonyl (C=O) groups is 2. The fourth-order valence-corrected chi connectivity index (χ4v) is 2.42. The third-order valence-corrected chi connectivity index (χ3v) is 3.56. The van der Waals surface area contributed by atoms with Crippen molar-refractivity contribution in [1.29, 1.82) is 0 Å². The maximum Gasteiger partial charge on any atom is 0.251 e. The first-order valence-corrected chi connectivity index (χ1v) is 7.45. The van der Waals surface area contributed by atoms with Crippen LogP contribution in [0.4, 0.5) is 10.1 Å². The van der Waals surface area contributed by atoms with Crippen LogP contribution in [0, 0.1) is 5.82 Å². The summed E-state index contributed by atoms with van der Waals surface area (Å²) in [7, 11) is 0. The molecule has 3 aromatic rings. The lowest BCUT2D eigenvalue weighted by molar-refractivity contribution is -0.115. The van der Waals surface area contributed by atoms with Crippen LogP contribution in [-0.4, -0.2) is 18.4 Å². The van der Waals surface area contributed by atoms with Gasteiger partial charge in [-0.2, -0.15) is 0 Å². The largest absolute Gasteiger partial charge is 0.343 e. The monoisotopic (exact) mass is 322 g/mol. The fourth-order valence-electron chi connectivity index (χ4n) is 2.42. The molecule has 5 heteroatoms. The van der Waals surface area contributed by atoms with Crippen molar-refractivity contribution in [2.24, 2.45) is 0 Å². The number of amides is 2. The van der Waals surface area contributed by atoms with Crippen LogP contribution in [0.1, 0.15) is 10.4 Å². The zero-order valence-corrected chi connectivity index (χ0v) is 12.8. The molecule has 0 spiro atoms. The lowest BCUT2D eigenvalue weighted by Gasteiger charge is -2.09. The van der Waals surface area contributed by atoms with E-state index in [-0.39, 0.29) is 18.0 Å². The molecular formula is C19H15FN2O2. The Kier molecular flexibility index (Phi) is 4.52. The lowest BCUT2D eigenvalue weighted by atomic mass is 10.1. The number of nitrogens with one attached hydrogen (secondary N) is 2. The second-order valence-corrected chi connectivity index (χ2v) is 5.27. The SMILES string of the molecule is O=C(CNC(=O)c1cccc(F)c1)Nc1cccc2ccccc12. The summed E-state index contributed by atoms with van der Waals surface area (Å²) in [5.74, 6) is -1.35. The second-order valence-electron chi connectivity index (χ2n) is 5.27. The van der Waals surface area contributed by atoms with Crippen LogP contribution >= 0.6 is 0 Å². The summed E-state index contributed by atoms with van der Waals surface area (Å²) in [4.78, 5) is 24.0. The van der Waals surface area contributed by atoms with Crippen molar-refractivity contribution < 1.29 is 14.0 Å². The van der Waals surface area contributed by atoms with Crippen LogP contribution in [-0.2, 0) is 4.79 Å². The van der Waals surface area contributed by atoms with E-state index < -0.39 is 11.7 Å². The standard InChI is InChI=1S/C19H15FN2O2/c20-15-8-3-7-14(11-15)19(24)21-12-18(23)22-17-10-4-6-13-5-1-2-9-16(13)17/h1-11H,12H2,(H,21,24)(H,22,23). The lowest BCUT2D eigenvalue weighted by Crippen LogP contribution is -2.32. The van der Waals surface area contributed by atoms with Gasteiger partial charge in [-0.05, 0) is 29.7 Å². The minimum Gasteiger partial charge on any atom is -0.343 e. The summed E-state index contributed by atoms with van der Waals surface area (Å²) in [5.41, 5.74) is 0.853. The smallest absolute Gasteiger partial charge is 0.251 e. The van der Waals surface area contributed by atoms with Gasteiger partial charge in [-0.25, -0.2) is 4.39 Å². The summed E-state index contributed by atoms with van der Waals surface area (Å²) < 4.78 is 13.1. The molecule has 0 saturated carbocycles. The normalized spacial score (nSPS) is 10.4. The molecule has 0 fully saturated rings. The summed E-state index contributed by atoms with van der Waals surface area (Å²) in [6.07, 6.45) is 0. The predicted octanol–water partition coefficient (Wildman–Crippen LogP) is 3.35. The highest BCUT2D eigenvalue weighted by atomic mass is 19.1. The number of anilines is 1. The van der Waals surface area contributed by atoms with E-state index in [9.17, 15) is 14.0 Å². The molecule has 120 valence electrons. The molecule has 0 radical (unpaired) electrons. The van der Waals surface area contributed by atoms with E-state index in [0.717, 1.165) is 16.8 Å². The van der Waals surface area contributed by atoms with Crippen molar-refractivity contribution in [1.82, 2.24) is 5.32 Å². The molecule has 24 heavy (non-hydrogen) atoms. The number of halogens is 1. The number of carbonyl (C=O) groups excluding carboxylic acids is 2. The number of hydrogen-bond acceptors (Lipinski definition) is 2. The molecule has 4 nitrogen and oxygen atoms in total. The Morgan fingerprint density at radius 1 is 0.917 bits per heavy atom. The van der Waals surface area contributed by atoms with Gasteiger partial charge in [-0.3, -0.25) is 9.59 Å². The third-order valence-electron chi connectivity index (χ3n) is 3.56. The molecule has 2 amide bonds. The number of rotatable bonds is 4. The maximum absolute atomic E-state index is 13.1. The van der Waals surface area contributed by atoms with Crippen LogP contribution in [0.3, 0.4) is 0 Å². The molecule has 3 rings (SSSR count). The van der Waals surface area contributed by atoms with Gasteiger partial charge >= 0.3 is 0 Å². The Labute approximate surface area is 138 Å². The van der Waals surface area contributed by atoms with Crippen LogP contribution in [0.2, 0.25) is 0 Å². The highest BCUT2D eigenvalue weighted by Gasteiger charge is 2.10. The molecule has 2 N–H and O–H groups in total. The van der Waals surface area contributed by atoms with Gasteiger partial charge in [0.1, 0.15) is 5.82 Å². The number of benzene rings is 3. The quantitative estimate of drug-likeness (QED) is 0.774. The molecule has 0 aliphatic carbocycles. The Balaban J connectivity index is 1.64. The highest BCUT2D eigenvalue weighted by molar-refractivity contribution is 6.04. The van der Waals surface area contributed by atoms with Gasteiger partial charge in [0.25, 0.3) is 5.91 Å². The summed E-state index contributed by atoms with van der Waals surface area (Å²) in [6.45, 7) is -0.196. The first kappa shape index (κ1) is 15.7. The second kappa shape index (κ2) is 6.91. The molecule has 0 unspecified atom stereocenters. The number of hydrogen-bond donors (Lipinski definition) is 2. The van der Waals surface area contributed by atoms with Crippen molar-refractivity contribution in [3.05, 3.63) is 78.1 Å². The van der Waals surface area contributed by atoms with E-state index in [1.165, 1.54) is 18.2 Å². The van der Waals surface area contributed by atoms with Gasteiger partial charge in [0.15, 0.2) is 0 Å². The van der Waals surface area contributed by atoms with Crippen molar-refractivity contribution in [3.63, 3.8) is 0 Å². The minimum absolute atomic E-state index is 0.174. The summed E-state index contributed by atoms with van der Waals surface area (Å²) in [5, 5.41) is 7.19. The molecular weight excluding hydrogens is 307 g/mol. The Bertz CT molecular complexity index is 903. The molecule has 0 saturated heterocycles. The van der Waals surface area contributed by atoms with Gasteiger partial charge in [-0.15, -0.1) is 0 Å². The van der Waals surface area contributed by atoms with Crippen LogP contribution in [0.5, 0.6) is 0 Å². The Morgan fingerprint density at radius 3 is 2.50 bits per heavy atom. The van der Waals surface area contributed by atoms with Gasteiger partial charge in [0.2, 0.25) is 5.91 Å². The van der Waals surface area contributed by atoms with E-state index in [1.54, 1.807) is 6.07 Å². The maximum atomic E-state index is 13.1. The first-order valence-electron chi connectivity index (χ1n) is 7.45. The summed E-state index contributed by atoms with van der Waals surface area (Å²) >= 11 is 0. The van der Waals surface area contributed by atoms with E-state index in [4.69, 9.17) is 0 Å². The van der Waals surface area contributed by atoms with Gasteiger partial charge in [0.05, 0.1) is 6.54 Å². The molecule has 0 aliphatic rings. The van der Waals surface area contributed by atoms with Crippen molar-refractivity contribution in [2.45, 2.75) is 0 Å². The number of fused-ring (bicyclic) bond motifs is 1. The zero-order chi connectivity index (χ0) is 16.9. The Hall–Kier alpha value is -3.21. The van der Waals surface area contributed by atoms with Gasteiger partial charge < -0.3 is 10.6 Å². The topological polar surface area (TPSA) is 58.2 Å². The van der Waals surface area contributed by atoms with Crippen LogP contribution in [0.15, 0.2) is 66.7 Å². The molecule has 0 aliphatic heterocycles. The average molecular weight is 322 g/mol. The summed E-state index contributed by atoms with van der Waals surface area (Å²) in [6, 6.07) is 18.6. The van der Waals surface area contributed by atoms with Crippen molar-refractivity contribution in [3.8, 4) is 0 Å². The van der Waals surface area contributed by atoms with Crippen LogP contribution in [0.25, 0.3) is 10.8 Å². The van der Waals surface area contributed by atoms with Crippen molar-refractivity contribution in [2.75, 3.05) is 11.9 Å². The fraction of sp³-hybridized carbons (Fsp3) is 0.0526. The van der Waals surface area contributed by atoms with Gasteiger partial charge in [0, 0.05) is 16.6 Å². The van der Waals surface area contributed by atoms with Crippen molar-refractivity contribution >= 4 is 28.3 Å². The zero-order valence-electron chi connectivity index (χ0n) is 12.8. The minimum atomic E-state index is -0.498. The molecule has 0 aromatic heterocycles. The average Bonchev–Trinajstić information content (AvgIpc) is 2.60. The van der Waals surface area contributed by atoms with E-state index in [1.807, 2.05) is 36.4 Å². The van der Waals surface area contributed by atoms with E-state index in [2.05, 4.69) is 10.6 Å². The van der Waals surface area contributed by atoms with E-state index >= 15 is 0 Å². The first-order chi connectivity index (χ1) is 11.6. The molecule has 0 heterocycles. The third kappa shape index (κ3) is 3.57. The highest BCUT2D eigenvalue weighted by Crippen LogP contribution is 2.22. The van der Waals surface area contributed by atoms with Gasteiger partial charge in [-0.1, -0.05) is 42.5 Å². The predicted molar refractivity (Wildman–Crippen MR) is 91.3 cm³/mol.